The molecule has 96 valence electrons. The first-order valence-corrected chi connectivity index (χ1v) is 6.58. The highest BCUT2D eigenvalue weighted by Gasteiger charge is 2.14. The molecule has 0 aliphatic rings. The minimum atomic E-state index is 0.0332. The van der Waals surface area contributed by atoms with Crippen molar-refractivity contribution in [3.63, 3.8) is 0 Å². The molecule has 2 aromatic rings. The molecule has 1 aromatic carbocycles. The Kier molecular flexibility index (Phi) is 3.70. The zero-order valence-corrected chi connectivity index (χ0v) is 11.0. The molecule has 1 unspecified atom stereocenters. The zero-order chi connectivity index (χ0) is 13.1. The first-order chi connectivity index (χ1) is 8.69. The van der Waals surface area contributed by atoms with Gasteiger partial charge in [-0.3, -0.25) is 9.36 Å². The maximum Gasteiger partial charge on any atom is 0.260 e. The van der Waals surface area contributed by atoms with E-state index in [1.54, 1.807) is 4.57 Å². The first-order valence-electron chi connectivity index (χ1n) is 6.58. The van der Waals surface area contributed by atoms with E-state index in [0.717, 1.165) is 30.0 Å². The fourth-order valence-electron chi connectivity index (χ4n) is 2.52. The molecule has 0 amide bonds. The van der Waals surface area contributed by atoms with Gasteiger partial charge in [0.2, 0.25) is 0 Å². The number of nitrogens with zero attached hydrogens (tertiary/aromatic N) is 1. The number of rotatable bonds is 4. The van der Waals surface area contributed by atoms with Crippen molar-refractivity contribution < 1.29 is 0 Å². The quantitative estimate of drug-likeness (QED) is 0.896. The van der Waals surface area contributed by atoms with Gasteiger partial charge in [0.05, 0.1) is 0 Å². The van der Waals surface area contributed by atoms with E-state index in [0.29, 0.717) is 5.82 Å². The van der Waals surface area contributed by atoms with Crippen LogP contribution in [0.25, 0.3) is 10.8 Å². The van der Waals surface area contributed by atoms with Crippen molar-refractivity contribution in [3.05, 3.63) is 40.7 Å². The summed E-state index contributed by atoms with van der Waals surface area (Å²) < 4.78 is 1.76. The SMILES string of the molecule is CCCC(CC)n1c(N)cc2ccccc2c1=O. The van der Waals surface area contributed by atoms with Gasteiger partial charge >= 0.3 is 0 Å². The van der Waals surface area contributed by atoms with Gasteiger partial charge in [-0.15, -0.1) is 0 Å². The van der Waals surface area contributed by atoms with Crippen LogP contribution in [0.15, 0.2) is 35.1 Å². The van der Waals surface area contributed by atoms with E-state index in [2.05, 4.69) is 13.8 Å². The Morgan fingerprint density at radius 3 is 2.67 bits per heavy atom. The van der Waals surface area contributed by atoms with Crippen LogP contribution in [0.1, 0.15) is 39.2 Å². The van der Waals surface area contributed by atoms with E-state index in [4.69, 9.17) is 5.73 Å². The highest BCUT2D eigenvalue weighted by atomic mass is 16.1. The number of anilines is 1. The maximum absolute atomic E-state index is 12.5. The molecule has 2 N–H and O–H groups in total. The van der Waals surface area contributed by atoms with Crippen molar-refractivity contribution in [1.29, 1.82) is 0 Å². The van der Waals surface area contributed by atoms with E-state index >= 15 is 0 Å². The molecule has 0 fully saturated rings. The standard InChI is InChI=1S/C15H20N2O/c1-3-7-12(4-2)17-14(16)10-11-8-5-6-9-13(11)15(17)18/h5-6,8-10,12H,3-4,7,16H2,1-2H3. The van der Waals surface area contributed by atoms with E-state index in [1.165, 1.54) is 0 Å². The number of nitrogen functional groups attached to an aromatic ring is 1. The van der Waals surface area contributed by atoms with E-state index < -0.39 is 0 Å². The van der Waals surface area contributed by atoms with Crippen molar-refractivity contribution in [3.8, 4) is 0 Å². The second-order valence-corrected chi connectivity index (χ2v) is 4.68. The van der Waals surface area contributed by atoms with Gasteiger partial charge in [-0.2, -0.15) is 0 Å². The predicted octanol–water partition coefficient (Wildman–Crippen LogP) is 3.33. The number of pyridine rings is 1. The normalized spacial score (nSPS) is 12.8. The lowest BCUT2D eigenvalue weighted by molar-refractivity contribution is 0.443. The van der Waals surface area contributed by atoms with Gasteiger partial charge in [-0.1, -0.05) is 38.5 Å². The van der Waals surface area contributed by atoms with Gasteiger partial charge in [-0.05, 0) is 30.4 Å². The molecule has 0 aliphatic heterocycles. The summed E-state index contributed by atoms with van der Waals surface area (Å²) in [6.07, 6.45) is 2.96. The second-order valence-electron chi connectivity index (χ2n) is 4.68. The fourth-order valence-corrected chi connectivity index (χ4v) is 2.52. The number of benzene rings is 1. The zero-order valence-electron chi connectivity index (χ0n) is 11.0. The highest BCUT2D eigenvalue weighted by Crippen LogP contribution is 2.22. The molecule has 1 aromatic heterocycles. The van der Waals surface area contributed by atoms with Crippen LogP contribution in [-0.2, 0) is 0 Å². The van der Waals surface area contributed by atoms with Crippen LogP contribution in [-0.4, -0.2) is 4.57 Å². The van der Waals surface area contributed by atoms with Gasteiger partial charge < -0.3 is 5.73 Å². The molecule has 3 heteroatoms. The minimum Gasteiger partial charge on any atom is -0.385 e. The fraction of sp³-hybridized carbons (Fsp3) is 0.400. The lowest BCUT2D eigenvalue weighted by Gasteiger charge is -2.20. The van der Waals surface area contributed by atoms with Gasteiger partial charge in [0.15, 0.2) is 0 Å². The lowest BCUT2D eigenvalue weighted by Crippen LogP contribution is -2.27. The van der Waals surface area contributed by atoms with Crippen LogP contribution in [0, 0.1) is 0 Å². The summed E-state index contributed by atoms with van der Waals surface area (Å²) in [6, 6.07) is 9.71. The Morgan fingerprint density at radius 1 is 1.28 bits per heavy atom. The molecule has 0 aliphatic carbocycles. The van der Waals surface area contributed by atoms with Crippen LogP contribution in [0.3, 0.4) is 0 Å². The Balaban J connectivity index is 2.67. The van der Waals surface area contributed by atoms with Crippen LogP contribution in [0.4, 0.5) is 5.82 Å². The third-order valence-corrected chi connectivity index (χ3v) is 3.45. The molecule has 3 nitrogen and oxygen atoms in total. The largest absolute Gasteiger partial charge is 0.385 e. The third-order valence-electron chi connectivity index (χ3n) is 3.45. The monoisotopic (exact) mass is 244 g/mol. The summed E-state index contributed by atoms with van der Waals surface area (Å²) in [7, 11) is 0. The number of hydrogen-bond donors (Lipinski definition) is 1. The van der Waals surface area contributed by atoms with Gasteiger partial charge in [0, 0.05) is 11.4 Å². The summed E-state index contributed by atoms with van der Waals surface area (Å²) in [5.41, 5.74) is 6.09. The smallest absolute Gasteiger partial charge is 0.260 e. The van der Waals surface area contributed by atoms with Crippen LogP contribution >= 0.6 is 0 Å². The average molecular weight is 244 g/mol. The molecule has 0 spiro atoms. The molecule has 0 saturated heterocycles. The highest BCUT2D eigenvalue weighted by molar-refractivity contribution is 5.83. The van der Waals surface area contributed by atoms with E-state index in [9.17, 15) is 4.79 Å². The summed E-state index contributed by atoms with van der Waals surface area (Å²) in [5, 5.41) is 1.67. The average Bonchev–Trinajstić information content (AvgIpc) is 2.37. The summed E-state index contributed by atoms with van der Waals surface area (Å²) in [5.74, 6) is 0.569. The van der Waals surface area contributed by atoms with Crippen molar-refractivity contribution in [2.75, 3.05) is 5.73 Å². The van der Waals surface area contributed by atoms with Crippen molar-refractivity contribution in [2.45, 2.75) is 39.2 Å². The van der Waals surface area contributed by atoms with Gasteiger partial charge in [0.1, 0.15) is 5.82 Å². The molecule has 2 rings (SSSR count). The predicted molar refractivity (Wildman–Crippen MR) is 76.9 cm³/mol. The molecule has 0 saturated carbocycles. The Morgan fingerprint density at radius 2 is 2.00 bits per heavy atom. The Hall–Kier alpha value is -1.77. The molecule has 0 bridgehead atoms. The maximum atomic E-state index is 12.5. The van der Waals surface area contributed by atoms with Crippen LogP contribution in [0.5, 0.6) is 0 Å². The molecule has 1 heterocycles. The van der Waals surface area contributed by atoms with E-state index in [1.807, 2.05) is 30.3 Å². The molecule has 1 atom stereocenters. The summed E-state index contributed by atoms with van der Waals surface area (Å²) in [6.45, 7) is 4.23. The molecule has 0 radical (unpaired) electrons. The second kappa shape index (κ2) is 5.25. The topological polar surface area (TPSA) is 48.0 Å². The Bertz CT molecular complexity index is 601. The third kappa shape index (κ3) is 2.13. The van der Waals surface area contributed by atoms with Gasteiger partial charge in [-0.25, -0.2) is 0 Å². The van der Waals surface area contributed by atoms with Crippen molar-refractivity contribution >= 4 is 16.6 Å². The lowest BCUT2D eigenvalue weighted by atomic mass is 10.1. The van der Waals surface area contributed by atoms with Crippen LogP contribution < -0.4 is 11.3 Å². The molecule has 18 heavy (non-hydrogen) atoms. The molecular formula is C15H20N2O. The van der Waals surface area contributed by atoms with Crippen molar-refractivity contribution in [2.24, 2.45) is 0 Å². The summed E-state index contributed by atoms with van der Waals surface area (Å²) >= 11 is 0. The number of aromatic nitrogens is 1. The minimum absolute atomic E-state index is 0.0332. The first kappa shape index (κ1) is 12.7. The van der Waals surface area contributed by atoms with Gasteiger partial charge in [0.25, 0.3) is 5.56 Å². The summed E-state index contributed by atoms with van der Waals surface area (Å²) in [4.78, 5) is 12.5. The Labute approximate surface area is 107 Å². The van der Waals surface area contributed by atoms with E-state index in [-0.39, 0.29) is 11.6 Å². The number of nitrogens with two attached hydrogens (primary N) is 1. The number of fused-ring (bicyclic) bond motifs is 1. The number of hydrogen-bond acceptors (Lipinski definition) is 2. The van der Waals surface area contributed by atoms with Crippen LogP contribution in [0.2, 0.25) is 0 Å². The molecular weight excluding hydrogens is 224 g/mol. The van der Waals surface area contributed by atoms with Crippen molar-refractivity contribution in [1.82, 2.24) is 4.57 Å².